The van der Waals surface area contributed by atoms with E-state index in [0.717, 1.165) is 21.3 Å². The molecule has 6 heteroatoms. The summed E-state index contributed by atoms with van der Waals surface area (Å²) in [6, 6.07) is 0. The van der Waals surface area contributed by atoms with Crippen LogP contribution >= 0.6 is 11.3 Å². The van der Waals surface area contributed by atoms with Crippen LogP contribution in [0, 0.1) is 6.92 Å². The van der Waals surface area contributed by atoms with Crippen molar-refractivity contribution in [3.05, 3.63) is 23.1 Å². The Balaban J connectivity index is 2.38. The Morgan fingerprint density at radius 1 is 1.62 bits per heavy atom. The summed E-state index contributed by atoms with van der Waals surface area (Å²) in [7, 11) is 1.88. The number of rotatable bonds is 3. The minimum absolute atomic E-state index is 0.0291. The van der Waals surface area contributed by atoms with Gasteiger partial charge in [0.25, 0.3) is 0 Å². The van der Waals surface area contributed by atoms with Crippen molar-refractivity contribution in [1.82, 2.24) is 14.5 Å². The van der Waals surface area contributed by atoms with Gasteiger partial charge < -0.3 is 9.67 Å². The molecule has 0 unspecified atom stereocenters. The summed E-state index contributed by atoms with van der Waals surface area (Å²) < 4.78 is 1.86. The number of aromatic nitrogens is 3. The van der Waals surface area contributed by atoms with Gasteiger partial charge in [-0.15, -0.1) is 11.3 Å². The Kier molecular flexibility index (Phi) is 2.74. The molecule has 1 N–H and O–H groups in total. The van der Waals surface area contributed by atoms with Crippen LogP contribution < -0.4 is 0 Å². The highest BCUT2D eigenvalue weighted by Gasteiger charge is 2.13. The van der Waals surface area contributed by atoms with Gasteiger partial charge in [0.15, 0.2) is 0 Å². The summed E-state index contributed by atoms with van der Waals surface area (Å²) in [5.74, 6) is -0.830. The quantitative estimate of drug-likeness (QED) is 0.878. The zero-order valence-corrected chi connectivity index (χ0v) is 9.78. The molecule has 0 aliphatic rings. The SMILES string of the molecule is Cc1nc(-c2cncn2C)sc1CC(=O)O. The maximum atomic E-state index is 10.6. The van der Waals surface area contributed by atoms with E-state index in [9.17, 15) is 4.79 Å². The van der Waals surface area contributed by atoms with E-state index in [-0.39, 0.29) is 6.42 Å². The maximum absolute atomic E-state index is 10.6. The Hall–Kier alpha value is -1.69. The van der Waals surface area contributed by atoms with Crippen LogP contribution in [0.25, 0.3) is 10.7 Å². The largest absolute Gasteiger partial charge is 0.481 e. The topological polar surface area (TPSA) is 68.0 Å². The fourth-order valence-electron chi connectivity index (χ4n) is 1.40. The molecule has 16 heavy (non-hydrogen) atoms. The highest BCUT2D eigenvalue weighted by atomic mass is 32.1. The zero-order valence-electron chi connectivity index (χ0n) is 8.97. The first-order chi connectivity index (χ1) is 7.58. The van der Waals surface area contributed by atoms with E-state index in [4.69, 9.17) is 5.11 Å². The van der Waals surface area contributed by atoms with Gasteiger partial charge in [0.1, 0.15) is 5.01 Å². The van der Waals surface area contributed by atoms with Gasteiger partial charge in [-0.25, -0.2) is 9.97 Å². The average molecular weight is 237 g/mol. The second-order valence-electron chi connectivity index (χ2n) is 3.49. The summed E-state index contributed by atoms with van der Waals surface area (Å²) in [6.07, 6.45) is 3.45. The van der Waals surface area contributed by atoms with Gasteiger partial charge in [0.2, 0.25) is 0 Å². The van der Waals surface area contributed by atoms with Crippen molar-refractivity contribution in [2.75, 3.05) is 0 Å². The van der Waals surface area contributed by atoms with E-state index in [1.54, 1.807) is 12.5 Å². The summed E-state index contributed by atoms with van der Waals surface area (Å²) >= 11 is 1.41. The zero-order chi connectivity index (χ0) is 11.7. The third-order valence-corrected chi connectivity index (χ3v) is 3.42. The Labute approximate surface area is 96.4 Å². The predicted molar refractivity (Wildman–Crippen MR) is 60.4 cm³/mol. The van der Waals surface area contributed by atoms with Crippen LogP contribution in [-0.4, -0.2) is 25.6 Å². The maximum Gasteiger partial charge on any atom is 0.308 e. The van der Waals surface area contributed by atoms with Gasteiger partial charge in [-0.2, -0.15) is 0 Å². The molecule has 5 nitrogen and oxygen atoms in total. The van der Waals surface area contributed by atoms with Gasteiger partial charge in [0.05, 0.1) is 30.3 Å². The standard InChI is InChI=1S/C10H11N3O2S/c1-6-8(3-9(14)15)16-10(12-6)7-4-11-5-13(7)2/h4-5H,3H2,1-2H3,(H,14,15). The Bertz CT molecular complexity index is 530. The average Bonchev–Trinajstić information content (AvgIpc) is 2.73. The van der Waals surface area contributed by atoms with Crippen LogP contribution in [0.5, 0.6) is 0 Å². The number of hydrogen-bond acceptors (Lipinski definition) is 4. The molecule has 2 heterocycles. The number of aliphatic carboxylic acids is 1. The van der Waals surface area contributed by atoms with Crippen LogP contribution in [0.2, 0.25) is 0 Å². The molecule has 0 aromatic carbocycles. The van der Waals surface area contributed by atoms with E-state index in [1.807, 2.05) is 18.5 Å². The van der Waals surface area contributed by atoms with E-state index in [0.29, 0.717) is 0 Å². The molecule has 0 aliphatic carbocycles. The minimum Gasteiger partial charge on any atom is -0.481 e. The molecule has 84 valence electrons. The van der Waals surface area contributed by atoms with Crippen LogP contribution in [0.4, 0.5) is 0 Å². The van der Waals surface area contributed by atoms with E-state index in [2.05, 4.69) is 9.97 Å². The van der Waals surface area contributed by atoms with Gasteiger partial charge >= 0.3 is 5.97 Å². The second-order valence-corrected chi connectivity index (χ2v) is 4.57. The van der Waals surface area contributed by atoms with Gasteiger partial charge in [-0.05, 0) is 6.92 Å². The summed E-state index contributed by atoms with van der Waals surface area (Å²) in [6.45, 7) is 1.83. The first-order valence-corrected chi connectivity index (χ1v) is 5.54. The van der Waals surface area contributed by atoms with Crippen molar-refractivity contribution in [3.8, 4) is 10.7 Å². The highest BCUT2D eigenvalue weighted by molar-refractivity contribution is 7.15. The van der Waals surface area contributed by atoms with E-state index in [1.165, 1.54) is 11.3 Å². The molecule has 0 atom stereocenters. The van der Waals surface area contributed by atoms with Crippen molar-refractivity contribution in [3.63, 3.8) is 0 Å². The van der Waals surface area contributed by atoms with Gasteiger partial charge in [0, 0.05) is 11.9 Å². The van der Waals surface area contributed by atoms with Crippen molar-refractivity contribution in [2.45, 2.75) is 13.3 Å². The van der Waals surface area contributed by atoms with Crippen LogP contribution in [-0.2, 0) is 18.3 Å². The first kappa shape index (κ1) is 10.8. The van der Waals surface area contributed by atoms with E-state index >= 15 is 0 Å². The number of hydrogen-bond donors (Lipinski definition) is 1. The molecule has 0 amide bonds. The molecule has 0 fully saturated rings. The van der Waals surface area contributed by atoms with Gasteiger partial charge in [-0.1, -0.05) is 0 Å². The minimum atomic E-state index is -0.830. The van der Waals surface area contributed by atoms with Crippen LogP contribution in [0.1, 0.15) is 10.6 Å². The summed E-state index contributed by atoms with van der Waals surface area (Å²) in [5, 5.41) is 9.56. The van der Waals surface area contributed by atoms with Crippen molar-refractivity contribution in [2.24, 2.45) is 7.05 Å². The number of thiazole rings is 1. The van der Waals surface area contributed by atoms with Crippen molar-refractivity contribution >= 4 is 17.3 Å². The molecule has 0 spiro atoms. The monoisotopic (exact) mass is 237 g/mol. The molecule has 0 saturated carbocycles. The Morgan fingerprint density at radius 3 is 2.94 bits per heavy atom. The van der Waals surface area contributed by atoms with Crippen LogP contribution in [0.3, 0.4) is 0 Å². The number of carboxylic acids is 1. The molecule has 2 aromatic heterocycles. The highest BCUT2D eigenvalue weighted by Crippen LogP contribution is 2.27. The summed E-state index contributed by atoms with van der Waals surface area (Å²) in [4.78, 5) is 19.8. The number of nitrogens with zero attached hydrogens (tertiary/aromatic N) is 3. The lowest BCUT2D eigenvalue weighted by atomic mass is 10.3. The number of imidazole rings is 1. The lowest BCUT2D eigenvalue weighted by Crippen LogP contribution is -1.99. The number of aryl methyl sites for hydroxylation is 2. The third kappa shape index (κ3) is 1.96. The van der Waals surface area contributed by atoms with Gasteiger partial charge in [-0.3, -0.25) is 4.79 Å². The molecule has 0 radical (unpaired) electrons. The lowest BCUT2D eigenvalue weighted by molar-refractivity contribution is -0.136. The second kappa shape index (κ2) is 4.05. The third-order valence-electron chi connectivity index (χ3n) is 2.24. The van der Waals surface area contributed by atoms with E-state index < -0.39 is 5.97 Å². The Morgan fingerprint density at radius 2 is 2.38 bits per heavy atom. The molecule has 2 rings (SSSR count). The fourth-order valence-corrected chi connectivity index (χ4v) is 2.51. The molecule has 0 aliphatic heterocycles. The first-order valence-electron chi connectivity index (χ1n) is 4.72. The predicted octanol–water partition coefficient (Wildman–Crippen LogP) is 1.48. The normalized spacial score (nSPS) is 10.6. The summed E-state index contributed by atoms with van der Waals surface area (Å²) in [5.41, 5.74) is 1.69. The van der Waals surface area contributed by atoms with Crippen LogP contribution in [0.15, 0.2) is 12.5 Å². The molecule has 0 bridgehead atoms. The van der Waals surface area contributed by atoms with Crippen molar-refractivity contribution in [1.29, 1.82) is 0 Å². The van der Waals surface area contributed by atoms with Crippen molar-refractivity contribution < 1.29 is 9.90 Å². The molecular formula is C10H11N3O2S. The lowest BCUT2D eigenvalue weighted by Gasteiger charge is -1.95. The number of carbonyl (C=O) groups is 1. The fraction of sp³-hybridized carbons (Fsp3) is 0.300. The molecule has 0 saturated heterocycles. The smallest absolute Gasteiger partial charge is 0.308 e. The molecular weight excluding hydrogens is 226 g/mol. The number of carboxylic acid groups (broad SMARTS) is 1. The molecule has 2 aromatic rings.